The van der Waals surface area contributed by atoms with Crippen LogP contribution in [-0.2, 0) is 9.59 Å². The summed E-state index contributed by atoms with van der Waals surface area (Å²) in [5, 5.41) is 0. The van der Waals surface area contributed by atoms with Crippen LogP contribution in [0.25, 0.3) is 0 Å². The molecule has 2 aliphatic rings. The molecule has 0 N–H and O–H groups in total. The minimum absolute atomic E-state index is 0.211. The van der Waals surface area contributed by atoms with Gasteiger partial charge < -0.3 is 4.90 Å². The van der Waals surface area contributed by atoms with Crippen LogP contribution < -0.4 is 0 Å². The Morgan fingerprint density at radius 1 is 1.10 bits per heavy atom. The van der Waals surface area contributed by atoms with Crippen molar-refractivity contribution < 1.29 is 9.59 Å². The number of carbonyl (C=O) groups is 2. The Bertz CT molecular complexity index is 365. The summed E-state index contributed by atoms with van der Waals surface area (Å²) in [4.78, 5) is 28.2. The summed E-state index contributed by atoms with van der Waals surface area (Å²) >= 11 is 0. The molecule has 0 unspecified atom stereocenters. The van der Waals surface area contributed by atoms with Gasteiger partial charge in [-0.3, -0.25) is 14.5 Å². The zero-order valence-corrected chi connectivity index (χ0v) is 13.2. The molecule has 0 aromatic carbocycles. The van der Waals surface area contributed by atoms with Crippen LogP contribution in [0.15, 0.2) is 0 Å². The van der Waals surface area contributed by atoms with Crippen molar-refractivity contribution in [2.45, 2.75) is 46.5 Å². The molecule has 2 rings (SSSR count). The van der Waals surface area contributed by atoms with E-state index in [2.05, 4.69) is 11.8 Å². The smallest absolute Gasteiger partial charge is 0.236 e. The average Bonchev–Trinajstić information content (AvgIpc) is 2.42. The van der Waals surface area contributed by atoms with Crippen molar-refractivity contribution in [1.82, 2.24) is 9.80 Å². The van der Waals surface area contributed by atoms with Crippen LogP contribution in [0.2, 0.25) is 0 Å². The van der Waals surface area contributed by atoms with Crippen LogP contribution in [0, 0.1) is 11.3 Å². The lowest BCUT2D eigenvalue weighted by molar-refractivity contribution is -0.138. The molecule has 0 aromatic heterocycles. The first-order chi connectivity index (χ1) is 9.40. The van der Waals surface area contributed by atoms with Gasteiger partial charge in [0.05, 0.1) is 6.54 Å². The van der Waals surface area contributed by atoms with Crippen LogP contribution in [0.5, 0.6) is 0 Å². The Kier molecular flexibility index (Phi) is 4.84. The second-order valence-corrected chi connectivity index (χ2v) is 6.96. The van der Waals surface area contributed by atoms with Crippen molar-refractivity contribution in [3.63, 3.8) is 0 Å². The molecule has 4 heteroatoms. The van der Waals surface area contributed by atoms with Gasteiger partial charge in [0.1, 0.15) is 5.78 Å². The van der Waals surface area contributed by atoms with Crippen LogP contribution in [-0.4, -0.2) is 54.2 Å². The van der Waals surface area contributed by atoms with Crippen molar-refractivity contribution in [3.05, 3.63) is 0 Å². The van der Waals surface area contributed by atoms with Crippen molar-refractivity contribution in [3.8, 4) is 0 Å². The lowest BCUT2D eigenvalue weighted by atomic mass is 9.77. The minimum Gasteiger partial charge on any atom is -0.342 e. The van der Waals surface area contributed by atoms with E-state index in [1.807, 2.05) is 11.8 Å². The monoisotopic (exact) mass is 280 g/mol. The van der Waals surface area contributed by atoms with Gasteiger partial charge in [-0.25, -0.2) is 0 Å². The quantitative estimate of drug-likeness (QED) is 0.793. The van der Waals surface area contributed by atoms with Gasteiger partial charge in [-0.2, -0.15) is 0 Å². The van der Waals surface area contributed by atoms with E-state index < -0.39 is 0 Å². The highest BCUT2D eigenvalue weighted by molar-refractivity contribution is 5.83. The number of Topliss-reactive ketones (excluding diaryl/α,β-unsaturated/α-hetero) is 1. The third kappa shape index (κ3) is 3.60. The van der Waals surface area contributed by atoms with Crippen molar-refractivity contribution in [1.29, 1.82) is 0 Å². The Labute approximate surface area is 122 Å². The highest BCUT2D eigenvalue weighted by Gasteiger charge is 2.35. The van der Waals surface area contributed by atoms with Crippen molar-refractivity contribution >= 4 is 11.7 Å². The Hall–Kier alpha value is -0.900. The third-order valence-corrected chi connectivity index (χ3v) is 5.30. The maximum atomic E-state index is 12.3. The number of likely N-dealkylation sites (tertiary alicyclic amines) is 2. The summed E-state index contributed by atoms with van der Waals surface area (Å²) in [6.07, 6.45) is 4.03. The molecule has 0 aliphatic carbocycles. The lowest BCUT2D eigenvalue weighted by Crippen LogP contribution is -2.48. The Morgan fingerprint density at radius 2 is 1.65 bits per heavy atom. The Balaban J connectivity index is 1.79. The Morgan fingerprint density at radius 3 is 2.15 bits per heavy atom. The highest BCUT2D eigenvalue weighted by Crippen LogP contribution is 2.31. The van der Waals surface area contributed by atoms with E-state index in [0.717, 1.165) is 44.9 Å². The van der Waals surface area contributed by atoms with E-state index in [1.54, 1.807) is 6.92 Å². The maximum Gasteiger partial charge on any atom is 0.236 e. The molecule has 0 atom stereocenters. The lowest BCUT2D eigenvalue weighted by Gasteiger charge is -2.39. The van der Waals surface area contributed by atoms with Crippen molar-refractivity contribution in [2.24, 2.45) is 11.3 Å². The first-order valence-corrected chi connectivity index (χ1v) is 7.92. The molecule has 1 amide bonds. The minimum atomic E-state index is -0.211. The normalized spacial score (nSPS) is 24.6. The summed E-state index contributed by atoms with van der Waals surface area (Å²) < 4.78 is 0. The molecule has 2 fully saturated rings. The fourth-order valence-corrected chi connectivity index (χ4v) is 3.11. The number of carbonyl (C=O) groups excluding carboxylic acids is 2. The molecule has 2 heterocycles. The largest absolute Gasteiger partial charge is 0.342 e. The number of hydrogen-bond acceptors (Lipinski definition) is 3. The predicted octanol–water partition coefficient (Wildman–Crippen LogP) is 1.94. The number of rotatable bonds is 3. The average molecular weight is 280 g/mol. The predicted molar refractivity (Wildman–Crippen MR) is 79.4 cm³/mol. The van der Waals surface area contributed by atoms with Crippen LogP contribution in [0.1, 0.15) is 46.5 Å². The standard InChI is InChI=1S/C16H28N2O2/c1-13-4-8-17(9-5-13)12-15(20)18-10-6-16(3,7-11-18)14(2)19/h13H,4-12H2,1-3H3. The van der Waals surface area contributed by atoms with Crippen LogP contribution in [0.3, 0.4) is 0 Å². The second-order valence-electron chi connectivity index (χ2n) is 6.96. The summed E-state index contributed by atoms with van der Waals surface area (Å²) in [6.45, 7) is 10.1. The summed E-state index contributed by atoms with van der Waals surface area (Å²) in [5.41, 5.74) is -0.211. The molecule has 114 valence electrons. The van der Waals surface area contributed by atoms with Gasteiger partial charge in [0, 0.05) is 18.5 Å². The number of nitrogens with zero attached hydrogens (tertiary/aromatic N) is 2. The molecular weight excluding hydrogens is 252 g/mol. The molecule has 2 saturated heterocycles. The highest BCUT2D eigenvalue weighted by atomic mass is 16.2. The van der Waals surface area contributed by atoms with E-state index in [4.69, 9.17) is 0 Å². The maximum absolute atomic E-state index is 12.3. The molecular formula is C16H28N2O2. The number of piperidine rings is 2. The fraction of sp³-hybridized carbons (Fsp3) is 0.875. The molecule has 4 nitrogen and oxygen atoms in total. The number of hydrogen-bond donors (Lipinski definition) is 0. The van der Waals surface area contributed by atoms with E-state index in [1.165, 1.54) is 12.8 Å². The van der Waals surface area contributed by atoms with Gasteiger partial charge >= 0.3 is 0 Å². The van der Waals surface area contributed by atoms with E-state index >= 15 is 0 Å². The number of ketones is 1. The first-order valence-electron chi connectivity index (χ1n) is 7.92. The molecule has 0 aromatic rings. The topological polar surface area (TPSA) is 40.6 Å². The summed E-state index contributed by atoms with van der Waals surface area (Å²) in [5.74, 6) is 1.30. The summed E-state index contributed by atoms with van der Waals surface area (Å²) in [7, 11) is 0. The molecule has 0 radical (unpaired) electrons. The van der Waals surface area contributed by atoms with Gasteiger partial charge in [0.25, 0.3) is 0 Å². The second kappa shape index (κ2) is 6.25. The van der Waals surface area contributed by atoms with Crippen LogP contribution >= 0.6 is 0 Å². The molecule has 0 saturated carbocycles. The van der Waals surface area contributed by atoms with Gasteiger partial charge in [-0.1, -0.05) is 13.8 Å². The molecule has 2 aliphatic heterocycles. The van der Waals surface area contributed by atoms with Crippen molar-refractivity contribution in [2.75, 3.05) is 32.7 Å². The summed E-state index contributed by atoms with van der Waals surface area (Å²) in [6, 6.07) is 0. The number of amides is 1. The molecule has 0 spiro atoms. The van der Waals surface area contributed by atoms with Gasteiger partial charge in [0.15, 0.2) is 0 Å². The zero-order valence-electron chi connectivity index (χ0n) is 13.2. The fourth-order valence-electron chi connectivity index (χ4n) is 3.11. The molecule has 20 heavy (non-hydrogen) atoms. The van der Waals surface area contributed by atoms with Gasteiger partial charge in [-0.05, 0) is 51.6 Å². The third-order valence-electron chi connectivity index (χ3n) is 5.30. The molecule has 0 bridgehead atoms. The first kappa shape index (κ1) is 15.5. The zero-order chi connectivity index (χ0) is 14.8. The van der Waals surface area contributed by atoms with E-state index in [0.29, 0.717) is 6.54 Å². The van der Waals surface area contributed by atoms with Gasteiger partial charge in [0.2, 0.25) is 5.91 Å². The van der Waals surface area contributed by atoms with Crippen LogP contribution in [0.4, 0.5) is 0 Å². The SMILES string of the molecule is CC(=O)C1(C)CCN(C(=O)CN2CCC(C)CC2)CC1. The van der Waals surface area contributed by atoms with E-state index in [9.17, 15) is 9.59 Å². The van der Waals surface area contributed by atoms with E-state index in [-0.39, 0.29) is 17.1 Å². The van der Waals surface area contributed by atoms with Gasteiger partial charge in [-0.15, -0.1) is 0 Å².